The zero-order chi connectivity index (χ0) is 13.0. The van der Waals surface area contributed by atoms with Crippen molar-refractivity contribution in [1.29, 1.82) is 0 Å². The first-order valence-electron chi connectivity index (χ1n) is 6.29. The van der Waals surface area contributed by atoms with E-state index in [1.54, 1.807) is 0 Å². The molecule has 1 N–H and O–H groups in total. The Morgan fingerprint density at radius 2 is 2.17 bits per heavy atom. The summed E-state index contributed by atoms with van der Waals surface area (Å²) in [4.78, 5) is 12.0. The summed E-state index contributed by atoms with van der Waals surface area (Å²) in [6.07, 6.45) is 3.00. The lowest BCUT2D eigenvalue weighted by Crippen LogP contribution is -2.19. The van der Waals surface area contributed by atoms with Gasteiger partial charge in [-0.2, -0.15) is 11.8 Å². The first kappa shape index (κ1) is 13.9. The summed E-state index contributed by atoms with van der Waals surface area (Å²) in [7, 11) is 0. The van der Waals surface area contributed by atoms with Gasteiger partial charge >= 0.3 is 0 Å². The van der Waals surface area contributed by atoms with Crippen LogP contribution in [0.4, 0.5) is 5.69 Å². The van der Waals surface area contributed by atoms with E-state index in [0.717, 1.165) is 15.7 Å². The minimum absolute atomic E-state index is 0.137. The van der Waals surface area contributed by atoms with Crippen molar-refractivity contribution in [3.8, 4) is 0 Å². The molecular weight excluding hydrogens is 310 g/mol. The molecule has 4 heteroatoms. The lowest BCUT2D eigenvalue weighted by Gasteiger charge is -2.20. The molecule has 1 fully saturated rings. The van der Waals surface area contributed by atoms with Crippen LogP contribution in [0.25, 0.3) is 0 Å². The van der Waals surface area contributed by atoms with Gasteiger partial charge in [0.25, 0.3) is 0 Å². The van der Waals surface area contributed by atoms with Gasteiger partial charge in [-0.05, 0) is 64.7 Å². The predicted octanol–water partition coefficient (Wildman–Crippen LogP) is 4.23. The van der Waals surface area contributed by atoms with Gasteiger partial charge in [-0.15, -0.1) is 0 Å². The number of hydrogen-bond donors (Lipinski definition) is 1. The van der Waals surface area contributed by atoms with Gasteiger partial charge in [0, 0.05) is 10.9 Å². The zero-order valence-corrected chi connectivity index (χ0v) is 12.9. The minimum atomic E-state index is 0.137. The molecule has 1 aromatic carbocycles. The summed E-state index contributed by atoms with van der Waals surface area (Å²) in [6, 6.07) is 5.93. The third kappa shape index (κ3) is 3.75. The summed E-state index contributed by atoms with van der Waals surface area (Å²) < 4.78 is 0.984. The fourth-order valence-corrected chi connectivity index (χ4v) is 3.73. The van der Waals surface area contributed by atoms with Gasteiger partial charge in [0.15, 0.2) is 0 Å². The number of amides is 1. The van der Waals surface area contributed by atoms with Crippen molar-refractivity contribution in [2.45, 2.75) is 26.2 Å². The maximum atomic E-state index is 12.0. The average Bonchev–Trinajstić information content (AvgIpc) is 2.36. The van der Waals surface area contributed by atoms with E-state index < -0.39 is 0 Å². The summed E-state index contributed by atoms with van der Waals surface area (Å²) >= 11 is 5.51. The molecule has 1 saturated heterocycles. The molecule has 0 bridgehead atoms. The number of carbonyl (C=O) groups is 1. The van der Waals surface area contributed by atoms with Gasteiger partial charge < -0.3 is 5.32 Å². The maximum absolute atomic E-state index is 12.0. The highest BCUT2D eigenvalue weighted by atomic mass is 79.9. The number of hydrogen-bond acceptors (Lipinski definition) is 2. The molecular formula is C14H18BrNOS. The molecule has 1 amide bonds. The number of rotatable bonds is 3. The van der Waals surface area contributed by atoms with Crippen LogP contribution in [0.1, 0.15) is 24.8 Å². The van der Waals surface area contributed by atoms with Crippen LogP contribution in [0.15, 0.2) is 22.7 Å². The van der Waals surface area contributed by atoms with Crippen molar-refractivity contribution in [1.82, 2.24) is 0 Å². The normalized spacial score (nSPS) is 16.6. The van der Waals surface area contributed by atoms with Gasteiger partial charge in [0.05, 0.1) is 5.69 Å². The van der Waals surface area contributed by atoms with E-state index in [2.05, 4.69) is 21.2 Å². The van der Waals surface area contributed by atoms with Crippen LogP contribution in [0, 0.1) is 12.8 Å². The van der Waals surface area contributed by atoms with Crippen molar-refractivity contribution in [2.75, 3.05) is 16.8 Å². The van der Waals surface area contributed by atoms with Crippen LogP contribution in [-0.4, -0.2) is 17.4 Å². The van der Waals surface area contributed by atoms with Crippen molar-refractivity contribution in [3.63, 3.8) is 0 Å². The van der Waals surface area contributed by atoms with Gasteiger partial charge in [0.2, 0.25) is 5.91 Å². The molecule has 1 aliphatic rings. The molecule has 0 aromatic heterocycles. The smallest absolute Gasteiger partial charge is 0.224 e. The number of aryl methyl sites for hydroxylation is 1. The molecule has 0 radical (unpaired) electrons. The molecule has 0 spiro atoms. The van der Waals surface area contributed by atoms with Crippen LogP contribution in [-0.2, 0) is 4.79 Å². The van der Waals surface area contributed by atoms with Crippen LogP contribution in [0.3, 0.4) is 0 Å². The fourth-order valence-electron chi connectivity index (χ4n) is 2.16. The van der Waals surface area contributed by atoms with E-state index in [0.29, 0.717) is 12.3 Å². The molecule has 2 nitrogen and oxygen atoms in total. The highest BCUT2D eigenvalue weighted by Crippen LogP contribution is 2.28. The monoisotopic (exact) mass is 327 g/mol. The SMILES string of the molecule is Cc1cccc(NC(=O)CC2CCSCC2)c1Br. The summed E-state index contributed by atoms with van der Waals surface area (Å²) in [5.41, 5.74) is 2.02. The number of benzene rings is 1. The highest BCUT2D eigenvalue weighted by molar-refractivity contribution is 9.10. The van der Waals surface area contributed by atoms with Crippen molar-refractivity contribution >= 4 is 39.3 Å². The Morgan fingerprint density at radius 3 is 2.89 bits per heavy atom. The van der Waals surface area contributed by atoms with E-state index in [1.165, 1.54) is 24.3 Å². The van der Waals surface area contributed by atoms with Gasteiger partial charge in [-0.3, -0.25) is 4.79 Å². The van der Waals surface area contributed by atoms with Gasteiger partial charge in [0.1, 0.15) is 0 Å². The highest BCUT2D eigenvalue weighted by Gasteiger charge is 2.17. The number of anilines is 1. The average molecular weight is 328 g/mol. The van der Waals surface area contributed by atoms with Crippen LogP contribution in [0.5, 0.6) is 0 Å². The number of nitrogens with one attached hydrogen (secondary N) is 1. The first-order valence-corrected chi connectivity index (χ1v) is 8.24. The predicted molar refractivity (Wildman–Crippen MR) is 82.2 cm³/mol. The summed E-state index contributed by atoms with van der Waals surface area (Å²) in [5.74, 6) is 3.10. The second-order valence-electron chi connectivity index (χ2n) is 4.74. The zero-order valence-electron chi connectivity index (χ0n) is 10.5. The maximum Gasteiger partial charge on any atom is 0.224 e. The number of halogens is 1. The Labute approximate surface area is 121 Å². The van der Waals surface area contributed by atoms with Gasteiger partial charge in [-0.1, -0.05) is 12.1 Å². The minimum Gasteiger partial charge on any atom is -0.325 e. The molecule has 0 unspecified atom stereocenters. The topological polar surface area (TPSA) is 29.1 Å². The number of carbonyl (C=O) groups excluding carboxylic acids is 1. The van der Waals surface area contributed by atoms with Gasteiger partial charge in [-0.25, -0.2) is 0 Å². The second kappa shape index (κ2) is 6.62. The molecule has 1 heterocycles. The summed E-state index contributed by atoms with van der Waals surface area (Å²) in [5, 5.41) is 3.01. The lowest BCUT2D eigenvalue weighted by atomic mass is 9.98. The Balaban J connectivity index is 1.92. The molecule has 1 aliphatic heterocycles. The summed E-state index contributed by atoms with van der Waals surface area (Å²) in [6.45, 7) is 2.03. The van der Waals surface area contributed by atoms with E-state index >= 15 is 0 Å². The van der Waals surface area contributed by atoms with Crippen LogP contribution < -0.4 is 5.32 Å². The molecule has 1 aromatic rings. The second-order valence-corrected chi connectivity index (χ2v) is 6.76. The Hall–Kier alpha value is -0.480. The number of thioether (sulfide) groups is 1. The van der Waals surface area contributed by atoms with E-state index in [-0.39, 0.29) is 5.91 Å². The molecule has 0 atom stereocenters. The van der Waals surface area contributed by atoms with E-state index in [9.17, 15) is 4.79 Å². The van der Waals surface area contributed by atoms with Crippen LogP contribution in [0.2, 0.25) is 0 Å². The van der Waals surface area contributed by atoms with Crippen molar-refractivity contribution in [2.24, 2.45) is 5.92 Å². The fraction of sp³-hybridized carbons (Fsp3) is 0.500. The Bertz CT molecular complexity index is 430. The molecule has 18 heavy (non-hydrogen) atoms. The van der Waals surface area contributed by atoms with Crippen LogP contribution >= 0.6 is 27.7 Å². The van der Waals surface area contributed by atoms with Crippen molar-refractivity contribution in [3.05, 3.63) is 28.2 Å². The molecule has 0 aliphatic carbocycles. The molecule has 0 saturated carbocycles. The third-order valence-corrected chi connectivity index (χ3v) is 5.38. The third-order valence-electron chi connectivity index (χ3n) is 3.28. The lowest BCUT2D eigenvalue weighted by molar-refractivity contribution is -0.117. The molecule has 98 valence electrons. The molecule has 2 rings (SSSR count). The van der Waals surface area contributed by atoms with E-state index in [4.69, 9.17) is 0 Å². The van der Waals surface area contributed by atoms with E-state index in [1.807, 2.05) is 36.9 Å². The van der Waals surface area contributed by atoms with Crippen molar-refractivity contribution < 1.29 is 4.79 Å². The standard InChI is InChI=1S/C14H18BrNOS/c1-10-3-2-4-12(14(10)15)16-13(17)9-11-5-7-18-8-6-11/h2-4,11H,5-9H2,1H3,(H,16,17). The first-order chi connectivity index (χ1) is 8.66. The Morgan fingerprint density at radius 1 is 1.44 bits per heavy atom. The largest absolute Gasteiger partial charge is 0.325 e. The quantitative estimate of drug-likeness (QED) is 0.900. The Kier molecular flexibility index (Phi) is 5.13.